The first-order valence-corrected chi connectivity index (χ1v) is 5.31. The average molecular weight is 223 g/mol. The van der Waals surface area contributed by atoms with Crippen molar-refractivity contribution in [3.05, 3.63) is 17.3 Å². The van der Waals surface area contributed by atoms with E-state index in [-0.39, 0.29) is 5.92 Å². The third-order valence-electron chi connectivity index (χ3n) is 2.62. The number of anilines is 1. The van der Waals surface area contributed by atoms with Crippen LogP contribution in [-0.4, -0.2) is 23.3 Å². The van der Waals surface area contributed by atoms with E-state index in [1.807, 2.05) is 6.07 Å². The summed E-state index contributed by atoms with van der Waals surface area (Å²) >= 11 is 5.66. The summed E-state index contributed by atoms with van der Waals surface area (Å²) in [6, 6.07) is 5.90. The predicted molar refractivity (Wildman–Crippen MR) is 57.6 cm³/mol. The van der Waals surface area contributed by atoms with Crippen LogP contribution < -0.4 is 4.90 Å². The molecule has 1 fully saturated rings. The van der Waals surface area contributed by atoms with Gasteiger partial charge in [0.25, 0.3) is 0 Å². The highest BCUT2D eigenvalue weighted by Gasteiger charge is 2.19. The number of hydrogen-bond donors (Lipinski definition) is 0. The van der Waals surface area contributed by atoms with Gasteiger partial charge >= 0.3 is 0 Å². The smallest absolute Gasteiger partial charge is 0.151 e. The molecule has 15 heavy (non-hydrogen) atoms. The fourth-order valence-corrected chi connectivity index (χ4v) is 1.82. The van der Waals surface area contributed by atoms with Gasteiger partial charge in [0.1, 0.15) is 0 Å². The highest BCUT2D eigenvalue weighted by atomic mass is 35.5. The van der Waals surface area contributed by atoms with Gasteiger partial charge in [-0.15, -0.1) is 10.2 Å². The molecule has 0 amide bonds. The molecule has 0 bridgehead atoms. The van der Waals surface area contributed by atoms with Crippen LogP contribution in [0.3, 0.4) is 0 Å². The summed E-state index contributed by atoms with van der Waals surface area (Å²) in [4.78, 5) is 2.14. The van der Waals surface area contributed by atoms with E-state index < -0.39 is 0 Å². The van der Waals surface area contributed by atoms with E-state index in [2.05, 4.69) is 21.2 Å². The molecule has 2 rings (SSSR count). The molecule has 0 unspecified atom stereocenters. The second-order valence-corrected chi connectivity index (χ2v) is 3.99. The van der Waals surface area contributed by atoms with Crippen molar-refractivity contribution >= 4 is 17.4 Å². The predicted octanol–water partition coefficient (Wildman–Crippen LogP) is 1.87. The maximum Gasteiger partial charge on any atom is 0.151 e. The Morgan fingerprint density at radius 3 is 2.60 bits per heavy atom. The minimum absolute atomic E-state index is 0.196. The van der Waals surface area contributed by atoms with Gasteiger partial charge < -0.3 is 4.90 Å². The zero-order valence-corrected chi connectivity index (χ0v) is 8.98. The number of hydrogen-bond acceptors (Lipinski definition) is 4. The molecule has 78 valence electrons. The lowest BCUT2D eigenvalue weighted by Crippen LogP contribution is -2.33. The number of nitrogens with zero attached hydrogens (tertiary/aromatic N) is 4. The van der Waals surface area contributed by atoms with Crippen molar-refractivity contribution < 1.29 is 0 Å². The molecule has 1 aromatic rings. The molecule has 1 aliphatic rings. The molecule has 0 aromatic carbocycles. The van der Waals surface area contributed by atoms with Crippen LogP contribution in [0.15, 0.2) is 12.1 Å². The zero-order chi connectivity index (χ0) is 10.7. The van der Waals surface area contributed by atoms with Crippen molar-refractivity contribution in [2.75, 3.05) is 18.0 Å². The molecule has 0 atom stereocenters. The second-order valence-electron chi connectivity index (χ2n) is 3.60. The van der Waals surface area contributed by atoms with Crippen molar-refractivity contribution in [2.24, 2.45) is 5.92 Å². The Hall–Kier alpha value is -1.34. The van der Waals surface area contributed by atoms with E-state index in [9.17, 15) is 0 Å². The quantitative estimate of drug-likeness (QED) is 0.728. The largest absolute Gasteiger partial charge is 0.355 e. The molecule has 4 nitrogen and oxygen atoms in total. The first-order chi connectivity index (χ1) is 7.29. The van der Waals surface area contributed by atoms with E-state index in [4.69, 9.17) is 16.9 Å². The molecular weight excluding hydrogens is 212 g/mol. The van der Waals surface area contributed by atoms with Gasteiger partial charge in [-0.3, -0.25) is 0 Å². The SMILES string of the molecule is N#CC1CCN(c2ccc(Cl)nn2)CC1. The number of piperidine rings is 1. The molecule has 2 heterocycles. The molecule has 0 saturated carbocycles. The molecule has 1 saturated heterocycles. The van der Waals surface area contributed by atoms with Gasteiger partial charge in [-0.2, -0.15) is 5.26 Å². The summed E-state index contributed by atoms with van der Waals surface area (Å²) in [6.07, 6.45) is 1.81. The topological polar surface area (TPSA) is 52.8 Å². The highest BCUT2D eigenvalue weighted by Crippen LogP contribution is 2.21. The molecule has 1 aromatic heterocycles. The summed E-state index contributed by atoms with van der Waals surface area (Å²) in [5, 5.41) is 17.0. The third kappa shape index (κ3) is 2.37. The first kappa shape index (κ1) is 10.2. The number of aromatic nitrogens is 2. The lowest BCUT2D eigenvalue weighted by atomic mass is 9.99. The van der Waals surface area contributed by atoms with Crippen molar-refractivity contribution in [3.8, 4) is 6.07 Å². The highest BCUT2D eigenvalue weighted by molar-refractivity contribution is 6.29. The van der Waals surface area contributed by atoms with Gasteiger partial charge in [-0.05, 0) is 25.0 Å². The van der Waals surface area contributed by atoms with E-state index in [0.29, 0.717) is 5.15 Å². The Bertz CT molecular complexity index is 362. The third-order valence-corrected chi connectivity index (χ3v) is 2.82. The summed E-state index contributed by atoms with van der Waals surface area (Å²) in [7, 11) is 0. The summed E-state index contributed by atoms with van der Waals surface area (Å²) < 4.78 is 0. The van der Waals surface area contributed by atoms with Crippen molar-refractivity contribution in [1.82, 2.24) is 10.2 Å². The Morgan fingerprint density at radius 2 is 2.07 bits per heavy atom. The first-order valence-electron chi connectivity index (χ1n) is 4.93. The minimum Gasteiger partial charge on any atom is -0.355 e. The van der Waals surface area contributed by atoms with Crippen LogP contribution in [0.25, 0.3) is 0 Å². The second kappa shape index (κ2) is 4.45. The lowest BCUT2D eigenvalue weighted by molar-refractivity contribution is 0.484. The van der Waals surface area contributed by atoms with Crippen molar-refractivity contribution in [1.29, 1.82) is 5.26 Å². The summed E-state index contributed by atoms with van der Waals surface area (Å²) in [5.74, 6) is 1.04. The molecule has 0 spiro atoms. The zero-order valence-electron chi connectivity index (χ0n) is 8.23. The van der Waals surface area contributed by atoms with Crippen LogP contribution in [0.1, 0.15) is 12.8 Å². The van der Waals surface area contributed by atoms with Crippen LogP contribution in [0.2, 0.25) is 5.15 Å². The average Bonchev–Trinajstić information content (AvgIpc) is 2.30. The number of rotatable bonds is 1. The van der Waals surface area contributed by atoms with Crippen LogP contribution in [-0.2, 0) is 0 Å². The maximum atomic E-state index is 8.77. The van der Waals surface area contributed by atoms with Gasteiger partial charge in [0, 0.05) is 19.0 Å². The van der Waals surface area contributed by atoms with Gasteiger partial charge in [-0.25, -0.2) is 0 Å². The van der Waals surface area contributed by atoms with E-state index in [1.165, 1.54) is 0 Å². The fourth-order valence-electron chi connectivity index (χ4n) is 1.72. The van der Waals surface area contributed by atoms with Crippen LogP contribution >= 0.6 is 11.6 Å². The monoisotopic (exact) mass is 222 g/mol. The van der Waals surface area contributed by atoms with Crippen LogP contribution in [0, 0.1) is 17.2 Å². The molecule has 0 N–H and O–H groups in total. The van der Waals surface area contributed by atoms with Gasteiger partial charge in [-0.1, -0.05) is 11.6 Å². The van der Waals surface area contributed by atoms with Crippen molar-refractivity contribution in [3.63, 3.8) is 0 Å². The van der Waals surface area contributed by atoms with Crippen LogP contribution in [0.5, 0.6) is 0 Å². The molecule has 0 radical (unpaired) electrons. The Labute approximate surface area is 93.5 Å². The Balaban J connectivity index is 2.02. The van der Waals surface area contributed by atoms with Gasteiger partial charge in [0.15, 0.2) is 11.0 Å². The van der Waals surface area contributed by atoms with E-state index >= 15 is 0 Å². The lowest BCUT2D eigenvalue weighted by Gasteiger charge is -2.29. The van der Waals surface area contributed by atoms with E-state index in [1.54, 1.807) is 6.07 Å². The minimum atomic E-state index is 0.196. The van der Waals surface area contributed by atoms with Crippen molar-refractivity contribution in [2.45, 2.75) is 12.8 Å². The van der Waals surface area contributed by atoms with Crippen LogP contribution in [0.4, 0.5) is 5.82 Å². The fraction of sp³-hybridized carbons (Fsp3) is 0.500. The Morgan fingerprint density at radius 1 is 1.33 bits per heavy atom. The standard InChI is InChI=1S/C10H11ClN4/c11-9-1-2-10(14-13-9)15-5-3-8(7-12)4-6-15/h1-2,8H,3-6H2. The molecule has 0 aliphatic carbocycles. The van der Waals surface area contributed by atoms with Gasteiger partial charge in [0.05, 0.1) is 6.07 Å². The maximum absolute atomic E-state index is 8.77. The normalized spacial score (nSPS) is 17.5. The molecule has 1 aliphatic heterocycles. The summed E-state index contributed by atoms with van der Waals surface area (Å²) in [5.41, 5.74) is 0. The number of halogens is 1. The Kier molecular flexibility index (Phi) is 3.02. The molecular formula is C10H11ClN4. The molecule has 5 heteroatoms. The van der Waals surface area contributed by atoms with Gasteiger partial charge in [0.2, 0.25) is 0 Å². The summed E-state index contributed by atoms with van der Waals surface area (Å²) in [6.45, 7) is 1.74. The van der Waals surface area contributed by atoms with E-state index in [0.717, 1.165) is 31.7 Å². The number of nitriles is 1.